The number of aliphatic carboxylic acids is 1. The second-order valence-corrected chi connectivity index (χ2v) is 4.25. The lowest BCUT2D eigenvalue weighted by atomic mass is 10.1. The number of carboxylic acid groups (broad SMARTS) is 1. The molecule has 0 saturated carbocycles. The van der Waals surface area contributed by atoms with Gasteiger partial charge in [-0.3, -0.25) is 14.7 Å². The fourth-order valence-corrected chi connectivity index (χ4v) is 1.85. The van der Waals surface area contributed by atoms with Crippen molar-refractivity contribution >= 4 is 11.9 Å². The number of likely N-dealkylation sites (N-methyl/N-ethyl adjacent to an activating group) is 1. The molecule has 0 aliphatic heterocycles. The Morgan fingerprint density at radius 2 is 2.00 bits per heavy atom. The lowest BCUT2D eigenvalue weighted by molar-refractivity contribution is -0.137. The van der Waals surface area contributed by atoms with Crippen LogP contribution in [0.25, 0.3) is 11.3 Å². The number of H-pyrrole nitrogens is 1. The Balaban J connectivity index is 2.20. The summed E-state index contributed by atoms with van der Waals surface area (Å²) in [6, 6.07) is 11.1. The summed E-state index contributed by atoms with van der Waals surface area (Å²) in [5.74, 6) is -1.41. The molecule has 2 N–H and O–H groups in total. The average Bonchev–Trinajstić information content (AvgIpc) is 2.94. The van der Waals surface area contributed by atoms with Gasteiger partial charge in [0.25, 0.3) is 5.91 Å². The summed E-state index contributed by atoms with van der Waals surface area (Å²) < 4.78 is 0. The van der Waals surface area contributed by atoms with Gasteiger partial charge >= 0.3 is 5.97 Å². The molecule has 1 aromatic carbocycles. The molecule has 1 aromatic heterocycles. The number of aromatic nitrogens is 2. The van der Waals surface area contributed by atoms with Crippen LogP contribution in [0.2, 0.25) is 0 Å². The average molecular weight is 273 g/mol. The summed E-state index contributed by atoms with van der Waals surface area (Å²) in [5.41, 5.74) is 1.83. The van der Waals surface area contributed by atoms with E-state index in [1.807, 2.05) is 30.3 Å². The zero-order valence-electron chi connectivity index (χ0n) is 11.0. The quantitative estimate of drug-likeness (QED) is 0.866. The number of aromatic amines is 1. The van der Waals surface area contributed by atoms with Gasteiger partial charge in [0.1, 0.15) is 12.2 Å². The molecule has 0 spiro atoms. The first kappa shape index (κ1) is 13.8. The number of hydrogen-bond donors (Lipinski definition) is 2. The lowest BCUT2D eigenvalue weighted by Crippen LogP contribution is -2.35. The van der Waals surface area contributed by atoms with E-state index in [0.717, 1.165) is 5.56 Å². The number of carbonyl (C=O) groups is 2. The molecule has 0 unspecified atom stereocenters. The number of rotatable bonds is 5. The molecule has 1 amide bonds. The number of hydrogen-bond acceptors (Lipinski definition) is 3. The van der Waals surface area contributed by atoms with E-state index in [4.69, 9.17) is 5.11 Å². The maximum absolute atomic E-state index is 12.1. The standard InChI is InChI=1S/C14H15N3O3/c1-2-17(9-13(18)19)14(20)12-8-11(15-16-12)10-6-4-3-5-7-10/h3-8H,2,9H2,1H3,(H,15,16)(H,18,19). The third-order valence-electron chi connectivity index (χ3n) is 2.87. The van der Waals surface area contributed by atoms with Gasteiger partial charge in [-0.15, -0.1) is 0 Å². The highest BCUT2D eigenvalue weighted by Crippen LogP contribution is 2.17. The molecule has 2 rings (SSSR count). The van der Waals surface area contributed by atoms with Crippen LogP contribution in [0.4, 0.5) is 0 Å². The normalized spacial score (nSPS) is 10.2. The van der Waals surface area contributed by atoms with Gasteiger partial charge in [0.15, 0.2) is 0 Å². The van der Waals surface area contributed by atoms with Crippen molar-refractivity contribution in [2.45, 2.75) is 6.92 Å². The van der Waals surface area contributed by atoms with E-state index in [0.29, 0.717) is 12.2 Å². The van der Waals surface area contributed by atoms with E-state index in [1.54, 1.807) is 13.0 Å². The summed E-state index contributed by atoms with van der Waals surface area (Å²) in [6.45, 7) is 1.73. The number of carbonyl (C=O) groups excluding carboxylic acids is 1. The Morgan fingerprint density at radius 1 is 1.30 bits per heavy atom. The van der Waals surface area contributed by atoms with E-state index >= 15 is 0 Å². The lowest BCUT2D eigenvalue weighted by Gasteiger charge is -2.16. The second-order valence-electron chi connectivity index (χ2n) is 4.25. The first-order valence-electron chi connectivity index (χ1n) is 6.23. The molecule has 2 aromatic rings. The Morgan fingerprint density at radius 3 is 2.60 bits per heavy atom. The number of nitrogens with zero attached hydrogens (tertiary/aromatic N) is 2. The minimum atomic E-state index is -1.04. The molecule has 6 heteroatoms. The first-order valence-corrected chi connectivity index (χ1v) is 6.23. The van der Waals surface area contributed by atoms with Crippen LogP contribution in [0, 0.1) is 0 Å². The third kappa shape index (κ3) is 3.03. The van der Waals surface area contributed by atoms with Crippen LogP contribution >= 0.6 is 0 Å². The van der Waals surface area contributed by atoms with Crippen molar-refractivity contribution in [1.29, 1.82) is 0 Å². The highest BCUT2D eigenvalue weighted by atomic mass is 16.4. The molecular weight excluding hydrogens is 258 g/mol. The number of benzene rings is 1. The van der Waals surface area contributed by atoms with Gasteiger partial charge in [0, 0.05) is 12.1 Å². The zero-order chi connectivity index (χ0) is 14.5. The SMILES string of the molecule is CCN(CC(=O)O)C(=O)c1cc(-c2ccccc2)n[nH]1. The second kappa shape index (κ2) is 6.01. The molecule has 20 heavy (non-hydrogen) atoms. The van der Waals surface area contributed by atoms with Gasteiger partial charge in [0.2, 0.25) is 0 Å². The van der Waals surface area contributed by atoms with Crippen LogP contribution in [-0.2, 0) is 4.79 Å². The smallest absolute Gasteiger partial charge is 0.323 e. The monoisotopic (exact) mass is 273 g/mol. The van der Waals surface area contributed by atoms with Crippen molar-refractivity contribution in [2.24, 2.45) is 0 Å². The van der Waals surface area contributed by atoms with E-state index < -0.39 is 5.97 Å². The first-order chi connectivity index (χ1) is 9.61. The molecule has 6 nitrogen and oxygen atoms in total. The van der Waals surface area contributed by atoms with Crippen LogP contribution in [0.3, 0.4) is 0 Å². The van der Waals surface area contributed by atoms with Crippen molar-refractivity contribution < 1.29 is 14.7 Å². The Labute approximate surface area is 116 Å². The maximum atomic E-state index is 12.1. The molecule has 0 bridgehead atoms. The minimum Gasteiger partial charge on any atom is -0.480 e. The van der Waals surface area contributed by atoms with Crippen LogP contribution in [0.5, 0.6) is 0 Å². The molecular formula is C14H15N3O3. The molecule has 0 aliphatic rings. The molecule has 1 heterocycles. The van der Waals surface area contributed by atoms with Crippen LogP contribution in [-0.4, -0.2) is 45.2 Å². The third-order valence-corrected chi connectivity index (χ3v) is 2.87. The highest BCUT2D eigenvalue weighted by molar-refractivity contribution is 5.95. The Hall–Kier alpha value is -2.63. The molecule has 0 radical (unpaired) electrons. The molecule has 0 fully saturated rings. The van der Waals surface area contributed by atoms with Gasteiger partial charge in [-0.2, -0.15) is 5.10 Å². The summed E-state index contributed by atoms with van der Waals surface area (Å²) in [5, 5.41) is 15.5. The maximum Gasteiger partial charge on any atom is 0.323 e. The van der Waals surface area contributed by atoms with Gasteiger partial charge in [-0.25, -0.2) is 0 Å². The summed E-state index contributed by atoms with van der Waals surface area (Å²) in [6.07, 6.45) is 0. The van der Waals surface area contributed by atoms with Crippen molar-refractivity contribution in [3.05, 3.63) is 42.1 Å². The van der Waals surface area contributed by atoms with Gasteiger partial charge in [-0.05, 0) is 13.0 Å². The molecule has 0 saturated heterocycles. The molecule has 0 aliphatic carbocycles. The molecule has 0 atom stereocenters. The van der Waals surface area contributed by atoms with Crippen molar-refractivity contribution in [3.63, 3.8) is 0 Å². The number of nitrogens with one attached hydrogen (secondary N) is 1. The number of carboxylic acids is 1. The fraction of sp³-hybridized carbons (Fsp3) is 0.214. The van der Waals surface area contributed by atoms with Gasteiger partial charge in [-0.1, -0.05) is 30.3 Å². The Bertz CT molecular complexity index is 607. The highest BCUT2D eigenvalue weighted by Gasteiger charge is 2.19. The van der Waals surface area contributed by atoms with Crippen LogP contribution < -0.4 is 0 Å². The van der Waals surface area contributed by atoms with E-state index in [9.17, 15) is 9.59 Å². The summed E-state index contributed by atoms with van der Waals surface area (Å²) >= 11 is 0. The van der Waals surface area contributed by atoms with Crippen molar-refractivity contribution in [1.82, 2.24) is 15.1 Å². The topological polar surface area (TPSA) is 86.3 Å². The van der Waals surface area contributed by atoms with Gasteiger partial charge < -0.3 is 10.0 Å². The predicted molar refractivity (Wildman–Crippen MR) is 73.2 cm³/mol. The Kier molecular flexibility index (Phi) is 4.14. The van der Waals surface area contributed by atoms with E-state index in [-0.39, 0.29) is 18.1 Å². The van der Waals surface area contributed by atoms with Crippen molar-refractivity contribution in [2.75, 3.05) is 13.1 Å². The predicted octanol–water partition coefficient (Wildman–Crippen LogP) is 1.62. The van der Waals surface area contributed by atoms with Crippen molar-refractivity contribution in [3.8, 4) is 11.3 Å². The largest absolute Gasteiger partial charge is 0.480 e. The van der Waals surface area contributed by atoms with Gasteiger partial charge in [0.05, 0.1) is 5.69 Å². The summed E-state index contributed by atoms with van der Waals surface area (Å²) in [4.78, 5) is 24.1. The minimum absolute atomic E-state index is 0.284. The number of amides is 1. The van der Waals surface area contributed by atoms with E-state index in [2.05, 4.69) is 10.2 Å². The molecule has 104 valence electrons. The van der Waals surface area contributed by atoms with E-state index in [1.165, 1.54) is 4.90 Å². The van der Waals surface area contributed by atoms with Crippen LogP contribution in [0.15, 0.2) is 36.4 Å². The zero-order valence-corrected chi connectivity index (χ0v) is 11.0. The fourth-order valence-electron chi connectivity index (χ4n) is 1.85. The van der Waals surface area contributed by atoms with Crippen LogP contribution in [0.1, 0.15) is 17.4 Å². The summed E-state index contributed by atoms with van der Waals surface area (Å²) in [7, 11) is 0.